The van der Waals surface area contributed by atoms with Gasteiger partial charge < -0.3 is 4.90 Å². The van der Waals surface area contributed by atoms with Gasteiger partial charge in [0.25, 0.3) is 0 Å². The zero-order valence-electron chi connectivity index (χ0n) is 13.0. The van der Waals surface area contributed by atoms with E-state index in [2.05, 4.69) is 10.2 Å². The quantitative estimate of drug-likeness (QED) is 0.933. The Hall–Kier alpha value is -2.31. The summed E-state index contributed by atoms with van der Waals surface area (Å²) in [5, 5.41) is 6.89. The molecule has 1 aromatic carbocycles. The van der Waals surface area contributed by atoms with E-state index in [9.17, 15) is 18.0 Å². The number of piperidine rings is 1. The fourth-order valence-electron chi connectivity index (χ4n) is 3.08. The van der Waals surface area contributed by atoms with Crippen molar-refractivity contribution in [2.24, 2.45) is 0 Å². The maximum atomic E-state index is 12.7. The number of hydrogen-bond acceptors (Lipinski definition) is 2. The van der Waals surface area contributed by atoms with E-state index in [1.807, 2.05) is 6.07 Å². The molecule has 1 aliphatic rings. The number of nitrogens with zero attached hydrogens (tertiary/aromatic N) is 2. The summed E-state index contributed by atoms with van der Waals surface area (Å²) in [4.78, 5) is 14.1. The summed E-state index contributed by atoms with van der Waals surface area (Å²) in [6, 6.07) is 6.91. The molecule has 0 saturated carbocycles. The molecule has 1 saturated heterocycles. The second-order valence-electron chi connectivity index (χ2n) is 6.04. The van der Waals surface area contributed by atoms with E-state index in [-0.39, 0.29) is 12.3 Å². The van der Waals surface area contributed by atoms with Gasteiger partial charge in [0.05, 0.1) is 12.0 Å². The van der Waals surface area contributed by atoms with Crippen molar-refractivity contribution in [3.63, 3.8) is 0 Å². The van der Waals surface area contributed by atoms with Crippen molar-refractivity contribution in [3.8, 4) is 0 Å². The number of rotatable bonds is 3. The highest BCUT2D eigenvalue weighted by molar-refractivity contribution is 5.79. The van der Waals surface area contributed by atoms with Crippen molar-refractivity contribution >= 4 is 5.91 Å². The first kappa shape index (κ1) is 16.5. The third kappa shape index (κ3) is 3.77. The maximum Gasteiger partial charge on any atom is 0.416 e. The highest BCUT2D eigenvalue weighted by atomic mass is 19.4. The Morgan fingerprint density at radius 1 is 1.25 bits per heavy atom. The summed E-state index contributed by atoms with van der Waals surface area (Å²) < 4.78 is 38.2. The molecular weight excluding hydrogens is 319 g/mol. The van der Waals surface area contributed by atoms with Crippen LogP contribution in [0.15, 0.2) is 36.5 Å². The van der Waals surface area contributed by atoms with E-state index in [1.165, 1.54) is 6.07 Å². The number of likely N-dealkylation sites (tertiary alicyclic amines) is 1. The summed E-state index contributed by atoms with van der Waals surface area (Å²) in [7, 11) is 0. The number of halogens is 3. The molecule has 0 atom stereocenters. The van der Waals surface area contributed by atoms with Crippen molar-refractivity contribution in [1.29, 1.82) is 0 Å². The minimum Gasteiger partial charge on any atom is -0.342 e. The maximum absolute atomic E-state index is 12.7. The van der Waals surface area contributed by atoms with Crippen LogP contribution in [0.4, 0.5) is 13.2 Å². The van der Waals surface area contributed by atoms with Crippen LogP contribution in [-0.4, -0.2) is 34.1 Å². The number of aromatic amines is 1. The zero-order valence-corrected chi connectivity index (χ0v) is 13.0. The van der Waals surface area contributed by atoms with Gasteiger partial charge in [0, 0.05) is 30.9 Å². The molecule has 128 valence electrons. The van der Waals surface area contributed by atoms with Crippen LogP contribution in [0.1, 0.15) is 35.6 Å². The van der Waals surface area contributed by atoms with Gasteiger partial charge >= 0.3 is 6.18 Å². The molecule has 0 spiro atoms. The smallest absolute Gasteiger partial charge is 0.342 e. The molecule has 2 heterocycles. The predicted octanol–water partition coefficient (Wildman–Crippen LogP) is 3.38. The van der Waals surface area contributed by atoms with Crippen molar-refractivity contribution in [2.75, 3.05) is 13.1 Å². The number of benzene rings is 1. The molecule has 0 unspecified atom stereocenters. The van der Waals surface area contributed by atoms with Crippen LogP contribution in [0, 0.1) is 0 Å². The van der Waals surface area contributed by atoms with E-state index in [4.69, 9.17) is 0 Å². The van der Waals surface area contributed by atoms with Gasteiger partial charge in [-0.3, -0.25) is 9.89 Å². The molecule has 4 nitrogen and oxygen atoms in total. The lowest BCUT2D eigenvalue weighted by Crippen LogP contribution is -2.38. The molecule has 0 radical (unpaired) electrons. The number of nitrogens with one attached hydrogen (secondary N) is 1. The van der Waals surface area contributed by atoms with Gasteiger partial charge in [0.1, 0.15) is 0 Å². The average molecular weight is 337 g/mol. The lowest BCUT2D eigenvalue weighted by atomic mass is 9.93. The van der Waals surface area contributed by atoms with Crippen LogP contribution < -0.4 is 0 Å². The minimum absolute atomic E-state index is 0.00135. The van der Waals surface area contributed by atoms with E-state index in [0.29, 0.717) is 24.6 Å². The van der Waals surface area contributed by atoms with Gasteiger partial charge in [-0.15, -0.1) is 0 Å². The topological polar surface area (TPSA) is 49.0 Å². The third-order valence-corrected chi connectivity index (χ3v) is 4.42. The Kier molecular flexibility index (Phi) is 4.59. The Morgan fingerprint density at radius 2 is 2.00 bits per heavy atom. The average Bonchev–Trinajstić information content (AvgIpc) is 3.09. The summed E-state index contributed by atoms with van der Waals surface area (Å²) in [6.45, 7) is 1.23. The molecule has 3 rings (SSSR count). The van der Waals surface area contributed by atoms with Crippen LogP contribution in [0.2, 0.25) is 0 Å². The first-order valence-electron chi connectivity index (χ1n) is 7.86. The lowest BCUT2D eigenvalue weighted by molar-refractivity contribution is -0.138. The number of H-pyrrole nitrogens is 1. The molecule has 24 heavy (non-hydrogen) atoms. The second kappa shape index (κ2) is 6.67. The normalized spacial score (nSPS) is 16.4. The first-order valence-corrected chi connectivity index (χ1v) is 7.86. The fraction of sp³-hybridized carbons (Fsp3) is 0.412. The molecule has 1 amide bonds. The molecule has 0 aliphatic carbocycles. The van der Waals surface area contributed by atoms with Gasteiger partial charge in [-0.05, 0) is 30.5 Å². The van der Waals surface area contributed by atoms with Crippen molar-refractivity contribution in [3.05, 3.63) is 53.3 Å². The molecule has 0 bridgehead atoms. The summed E-state index contributed by atoms with van der Waals surface area (Å²) >= 11 is 0. The van der Waals surface area contributed by atoms with Crippen LogP contribution in [-0.2, 0) is 17.4 Å². The van der Waals surface area contributed by atoms with E-state index >= 15 is 0 Å². The number of hydrogen-bond donors (Lipinski definition) is 1. The Labute approximate surface area is 137 Å². The summed E-state index contributed by atoms with van der Waals surface area (Å²) in [6.07, 6.45) is -1.02. The second-order valence-corrected chi connectivity index (χ2v) is 6.04. The van der Waals surface area contributed by atoms with Gasteiger partial charge in [-0.25, -0.2) is 0 Å². The molecule has 1 fully saturated rings. The van der Waals surface area contributed by atoms with E-state index < -0.39 is 11.7 Å². The van der Waals surface area contributed by atoms with Gasteiger partial charge in [0.2, 0.25) is 5.91 Å². The Morgan fingerprint density at radius 3 is 2.62 bits per heavy atom. The third-order valence-electron chi connectivity index (χ3n) is 4.42. The number of carbonyl (C=O) groups is 1. The molecule has 1 aromatic heterocycles. The van der Waals surface area contributed by atoms with Crippen LogP contribution >= 0.6 is 0 Å². The van der Waals surface area contributed by atoms with Gasteiger partial charge in [-0.1, -0.05) is 18.2 Å². The molecule has 1 N–H and O–H groups in total. The zero-order chi connectivity index (χ0) is 17.2. The number of amides is 1. The Bertz CT molecular complexity index is 689. The van der Waals surface area contributed by atoms with Crippen molar-refractivity contribution in [2.45, 2.75) is 31.4 Å². The highest BCUT2D eigenvalue weighted by Crippen LogP contribution is 2.30. The van der Waals surface area contributed by atoms with Gasteiger partial charge in [0.15, 0.2) is 0 Å². The highest BCUT2D eigenvalue weighted by Gasteiger charge is 2.31. The van der Waals surface area contributed by atoms with Gasteiger partial charge in [-0.2, -0.15) is 18.3 Å². The fourth-order valence-corrected chi connectivity index (χ4v) is 3.08. The van der Waals surface area contributed by atoms with Crippen LogP contribution in [0.5, 0.6) is 0 Å². The van der Waals surface area contributed by atoms with Crippen molar-refractivity contribution < 1.29 is 18.0 Å². The summed E-state index contributed by atoms with van der Waals surface area (Å²) in [5.41, 5.74) is 0.747. The number of carbonyl (C=O) groups excluding carboxylic acids is 1. The lowest BCUT2D eigenvalue weighted by Gasteiger charge is -2.31. The molecular formula is C17H18F3N3O. The van der Waals surface area contributed by atoms with E-state index in [0.717, 1.165) is 30.7 Å². The Balaban J connectivity index is 1.58. The first-order chi connectivity index (χ1) is 11.4. The standard InChI is InChI=1S/C17H18F3N3O/c18-17(19,20)14-3-1-2-12(10-14)11-16(24)23-8-5-13(6-9-23)15-4-7-21-22-15/h1-4,7,10,13H,5-6,8-9,11H2,(H,21,22). The summed E-state index contributed by atoms with van der Waals surface area (Å²) in [5.74, 6) is 0.225. The monoisotopic (exact) mass is 337 g/mol. The van der Waals surface area contributed by atoms with E-state index in [1.54, 1.807) is 17.2 Å². The minimum atomic E-state index is -4.39. The molecule has 1 aliphatic heterocycles. The number of aromatic nitrogens is 2. The molecule has 2 aromatic rings. The SMILES string of the molecule is O=C(Cc1cccc(C(F)(F)F)c1)N1CCC(c2ccn[nH]2)CC1. The predicted molar refractivity (Wildman–Crippen MR) is 82.3 cm³/mol. The van der Waals surface area contributed by atoms with Crippen molar-refractivity contribution in [1.82, 2.24) is 15.1 Å². The largest absolute Gasteiger partial charge is 0.416 e. The van der Waals surface area contributed by atoms with Crippen LogP contribution in [0.25, 0.3) is 0 Å². The number of alkyl halides is 3. The molecule has 7 heteroatoms. The van der Waals surface area contributed by atoms with Crippen LogP contribution in [0.3, 0.4) is 0 Å².